The van der Waals surface area contributed by atoms with Crippen LogP contribution in [0.15, 0.2) is 84.9 Å². The maximum absolute atomic E-state index is 14.2. The number of anilines is 1. The molecule has 0 unspecified atom stereocenters. The number of nitrogens with zero attached hydrogens (tertiary/aromatic N) is 1. The van der Waals surface area contributed by atoms with Gasteiger partial charge in [-0.3, -0.25) is 14.4 Å². The van der Waals surface area contributed by atoms with E-state index in [-0.39, 0.29) is 18.6 Å². The smallest absolute Gasteiger partial charge is 0.319 e. The van der Waals surface area contributed by atoms with Gasteiger partial charge in [0, 0.05) is 16.9 Å². The van der Waals surface area contributed by atoms with Gasteiger partial charge in [-0.05, 0) is 47.2 Å². The molecule has 0 spiro atoms. The molecule has 7 nitrogen and oxygen atoms in total. The van der Waals surface area contributed by atoms with Crippen LogP contribution in [-0.4, -0.2) is 24.6 Å². The Kier molecular flexibility index (Phi) is 4.77. The number of amides is 2. The lowest BCUT2D eigenvalue weighted by atomic mass is 9.64. The van der Waals surface area contributed by atoms with Crippen molar-refractivity contribution in [3.63, 3.8) is 0 Å². The lowest BCUT2D eigenvalue weighted by Gasteiger charge is -2.38. The summed E-state index contributed by atoms with van der Waals surface area (Å²) in [6, 6.07) is 24.6. The lowest BCUT2D eigenvalue weighted by Crippen LogP contribution is -2.42. The first-order chi connectivity index (χ1) is 19.5. The van der Waals surface area contributed by atoms with Crippen LogP contribution in [0.5, 0.6) is 17.2 Å². The molecule has 4 aromatic carbocycles. The van der Waals surface area contributed by atoms with Crippen LogP contribution in [0.1, 0.15) is 22.6 Å². The lowest BCUT2D eigenvalue weighted by molar-refractivity contribution is -0.142. The van der Waals surface area contributed by atoms with E-state index >= 15 is 0 Å². The van der Waals surface area contributed by atoms with Crippen molar-refractivity contribution in [2.24, 2.45) is 17.8 Å². The van der Waals surface area contributed by atoms with Crippen LogP contribution >= 0.6 is 0 Å². The summed E-state index contributed by atoms with van der Waals surface area (Å²) in [6.07, 6.45) is 1.99. The van der Waals surface area contributed by atoms with Crippen LogP contribution in [0, 0.1) is 24.7 Å². The molecule has 0 bridgehead atoms. The predicted octanol–water partition coefficient (Wildman–Crippen LogP) is 5.40. The quantitative estimate of drug-likeness (QED) is 0.197. The number of ether oxygens (including phenoxy) is 3. The molecular weight excluding hydrogens is 506 g/mol. The largest absolute Gasteiger partial charge is 0.454 e. The summed E-state index contributed by atoms with van der Waals surface area (Å²) in [5.41, 5.74) is 3.64. The Morgan fingerprint density at radius 3 is 2.45 bits per heavy atom. The zero-order valence-electron chi connectivity index (χ0n) is 21.5. The van der Waals surface area contributed by atoms with Gasteiger partial charge in [0.25, 0.3) is 0 Å². The Bertz CT molecular complexity index is 1820. The molecule has 1 aliphatic carbocycles. The molecule has 2 amide bonds. The van der Waals surface area contributed by atoms with Crippen molar-refractivity contribution >= 4 is 39.8 Å². The van der Waals surface area contributed by atoms with Gasteiger partial charge in [-0.15, -0.1) is 0 Å². The van der Waals surface area contributed by atoms with Crippen molar-refractivity contribution in [1.29, 1.82) is 0 Å². The van der Waals surface area contributed by atoms with E-state index in [1.807, 2.05) is 79.7 Å². The monoisotopic (exact) mass is 529 g/mol. The van der Waals surface area contributed by atoms with E-state index < -0.39 is 29.6 Å². The van der Waals surface area contributed by atoms with Gasteiger partial charge in [0.15, 0.2) is 11.5 Å². The van der Waals surface area contributed by atoms with Gasteiger partial charge in [0.1, 0.15) is 5.75 Å². The van der Waals surface area contributed by atoms with Crippen LogP contribution in [-0.2, 0) is 14.4 Å². The van der Waals surface area contributed by atoms with Crippen LogP contribution in [0.2, 0.25) is 0 Å². The van der Waals surface area contributed by atoms with E-state index in [9.17, 15) is 14.4 Å². The number of para-hydroxylation sites is 1. The molecule has 3 aliphatic heterocycles. The minimum absolute atomic E-state index is 0.128. The second-order valence-electron chi connectivity index (χ2n) is 10.7. The van der Waals surface area contributed by atoms with Crippen molar-refractivity contribution in [2.75, 3.05) is 11.7 Å². The van der Waals surface area contributed by atoms with E-state index in [0.717, 1.165) is 27.5 Å². The highest BCUT2D eigenvalue weighted by molar-refractivity contribution is 6.25. The summed E-state index contributed by atoms with van der Waals surface area (Å²) in [4.78, 5) is 43.4. The van der Waals surface area contributed by atoms with Crippen molar-refractivity contribution in [3.05, 3.63) is 102 Å². The molecule has 4 aromatic rings. The van der Waals surface area contributed by atoms with Crippen LogP contribution in [0.3, 0.4) is 0 Å². The Labute approximate surface area is 229 Å². The summed E-state index contributed by atoms with van der Waals surface area (Å²) in [7, 11) is 0. The Morgan fingerprint density at radius 1 is 0.800 bits per heavy atom. The van der Waals surface area contributed by atoms with Crippen molar-refractivity contribution in [3.8, 4) is 17.2 Å². The molecule has 4 aliphatic rings. The number of aryl methyl sites for hydroxylation is 1. The molecule has 4 atom stereocenters. The third-order valence-corrected chi connectivity index (χ3v) is 8.62. The topological polar surface area (TPSA) is 82.1 Å². The summed E-state index contributed by atoms with van der Waals surface area (Å²) in [5, 5.41) is 1.77. The number of carbonyl (C=O) groups excluding carboxylic acids is 3. The van der Waals surface area contributed by atoms with Gasteiger partial charge in [0.2, 0.25) is 18.6 Å². The van der Waals surface area contributed by atoms with Crippen LogP contribution in [0.4, 0.5) is 5.69 Å². The summed E-state index contributed by atoms with van der Waals surface area (Å²) in [6.45, 7) is 2.00. The first kappa shape index (κ1) is 23.0. The highest BCUT2D eigenvalue weighted by Gasteiger charge is 2.60. The zero-order valence-corrected chi connectivity index (χ0v) is 21.5. The second kappa shape index (κ2) is 8.29. The standard InChI is InChI=1S/C33H23NO6/c1-17-6-2-5-9-24(17)34-31(35)27-22(19-11-13-25-26(14-19)39-16-38-25)15-23-21-12-10-18-7-3-4-8-20(18)30(21)40-33(37)28(23)29(27)32(34)36/h2-15,22,27-29H,16H2,1H3/t22-,27+,28-,29+/m1/s1. The maximum atomic E-state index is 14.2. The Balaban J connectivity index is 1.35. The Hall–Kier alpha value is -4.91. The molecule has 0 aromatic heterocycles. The molecule has 0 N–H and O–H groups in total. The van der Waals surface area contributed by atoms with Crippen molar-refractivity contribution < 1.29 is 28.6 Å². The van der Waals surface area contributed by atoms with Crippen molar-refractivity contribution in [1.82, 2.24) is 0 Å². The zero-order chi connectivity index (χ0) is 27.1. The molecule has 196 valence electrons. The van der Waals surface area contributed by atoms with E-state index in [0.29, 0.717) is 28.5 Å². The summed E-state index contributed by atoms with van der Waals surface area (Å²) < 4.78 is 17.1. The molecule has 8 rings (SSSR count). The molecule has 1 saturated heterocycles. The normalized spacial score (nSPS) is 24.4. The average Bonchev–Trinajstić information content (AvgIpc) is 3.54. The van der Waals surface area contributed by atoms with Gasteiger partial charge in [-0.25, -0.2) is 4.90 Å². The predicted molar refractivity (Wildman–Crippen MR) is 147 cm³/mol. The SMILES string of the molecule is Cc1ccccc1N1C(=O)[C@@H]2[C@@H]3C(=O)Oc4c(ccc5ccccc45)C3=C[C@H](c3ccc4c(c3)OCO4)[C@@H]2C1=O. The molecule has 7 heteroatoms. The average molecular weight is 530 g/mol. The molecule has 1 fully saturated rings. The first-order valence-electron chi connectivity index (χ1n) is 13.3. The molecule has 0 saturated carbocycles. The van der Waals surface area contributed by atoms with Gasteiger partial charge >= 0.3 is 5.97 Å². The Morgan fingerprint density at radius 2 is 1.57 bits per heavy atom. The number of allylic oxidation sites excluding steroid dienone is 1. The van der Waals surface area contributed by atoms with Crippen LogP contribution in [0.25, 0.3) is 16.3 Å². The highest BCUT2D eigenvalue weighted by Crippen LogP contribution is 2.56. The number of rotatable bonds is 2. The van der Waals surface area contributed by atoms with E-state index in [2.05, 4.69) is 0 Å². The number of fused-ring (bicyclic) bond motifs is 8. The summed E-state index contributed by atoms with van der Waals surface area (Å²) in [5.74, 6) is -2.55. The second-order valence-corrected chi connectivity index (χ2v) is 10.7. The van der Waals surface area contributed by atoms with Crippen LogP contribution < -0.4 is 19.1 Å². The number of esters is 1. The number of hydrogen-bond acceptors (Lipinski definition) is 6. The van der Waals surface area contributed by atoms with E-state index in [1.54, 1.807) is 12.1 Å². The molecule has 3 heterocycles. The van der Waals surface area contributed by atoms with E-state index in [4.69, 9.17) is 14.2 Å². The van der Waals surface area contributed by atoms with E-state index in [1.165, 1.54) is 4.90 Å². The maximum Gasteiger partial charge on any atom is 0.319 e. The van der Waals surface area contributed by atoms with Gasteiger partial charge in [-0.1, -0.05) is 66.7 Å². The van der Waals surface area contributed by atoms with Gasteiger partial charge in [0.05, 0.1) is 23.4 Å². The molecular formula is C33H23NO6. The van der Waals surface area contributed by atoms with Crippen molar-refractivity contribution in [2.45, 2.75) is 12.8 Å². The fourth-order valence-corrected chi connectivity index (χ4v) is 6.79. The van der Waals surface area contributed by atoms with Gasteiger partial charge < -0.3 is 14.2 Å². The number of carbonyl (C=O) groups is 3. The minimum Gasteiger partial charge on any atom is -0.454 e. The summed E-state index contributed by atoms with van der Waals surface area (Å²) >= 11 is 0. The molecule has 0 radical (unpaired) electrons. The third kappa shape index (κ3) is 3.09. The molecule has 40 heavy (non-hydrogen) atoms. The minimum atomic E-state index is -0.908. The fraction of sp³-hybridized carbons (Fsp3) is 0.182. The number of hydrogen-bond donors (Lipinski definition) is 0. The third-order valence-electron chi connectivity index (χ3n) is 8.62. The number of benzene rings is 4. The first-order valence-corrected chi connectivity index (χ1v) is 13.3. The number of imide groups is 1. The van der Waals surface area contributed by atoms with Gasteiger partial charge in [-0.2, -0.15) is 0 Å². The highest BCUT2D eigenvalue weighted by atomic mass is 16.7. The fourth-order valence-electron chi connectivity index (χ4n) is 6.79.